The molecule has 1 atom stereocenters. The lowest BCUT2D eigenvalue weighted by Crippen LogP contribution is -2.30. The molecule has 0 saturated heterocycles. The first-order valence-electron chi connectivity index (χ1n) is 29.2. The first-order valence-corrected chi connectivity index (χ1v) is 29.2. The maximum absolute atomic E-state index is 12.8. The fourth-order valence-electron chi connectivity index (χ4n) is 7.59. The zero-order valence-electron chi connectivity index (χ0n) is 46.4. The predicted octanol–water partition coefficient (Wildman–Crippen LogP) is 19.8. The van der Waals surface area contributed by atoms with Crippen molar-refractivity contribution in [3.63, 3.8) is 0 Å². The number of unbranched alkanes of at least 4 members (excludes halogenated alkanes) is 18. The monoisotopic (exact) mass is 995 g/mol. The van der Waals surface area contributed by atoms with Gasteiger partial charge >= 0.3 is 17.9 Å². The number of carbonyl (C=O) groups excluding carboxylic acids is 3. The van der Waals surface area contributed by atoms with E-state index in [4.69, 9.17) is 14.2 Å². The molecule has 72 heavy (non-hydrogen) atoms. The lowest BCUT2D eigenvalue weighted by Gasteiger charge is -2.18. The molecule has 0 bridgehead atoms. The number of allylic oxidation sites excluding steroid dienone is 22. The van der Waals surface area contributed by atoms with Gasteiger partial charge in [0.05, 0.1) is 0 Å². The van der Waals surface area contributed by atoms with E-state index in [-0.39, 0.29) is 37.5 Å². The molecule has 0 saturated carbocycles. The average Bonchev–Trinajstić information content (AvgIpc) is 3.38. The molecule has 0 radical (unpaired) electrons. The van der Waals surface area contributed by atoms with Crippen LogP contribution in [0.4, 0.5) is 0 Å². The van der Waals surface area contributed by atoms with Crippen molar-refractivity contribution in [2.45, 2.75) is 252 Å². The van der Waals surface area contributed by atoms with E-state index in [1.165, 1.54) is 70.6 Å². The van der Waals surface area contributed by atoms with E-state index in [0.29, 0.717) is 19.3 Å². The van der Waals surface area contributed by atoms with Gasteiger partial charge in [0.2, 0.25) is 0 Å². The van der Waals surface area contributed by atoms with E-state index < -0.39 is 6.10 Å². The van der Waals surface area contributed by atoms with Gasteiger partial charge in [-0.2, -0.15) is 0 Å². The summed E-state index contributed by atoms with van der Waals surface area (Å²) in [6.07, 6.45) is 83.0. The highest BCUT2D eigenvalue weighted by atomic mass is 16.6. The highest BCUT2D eigenvalue weighted by Crippen LogP contribution is 2.15. The Labute approximate surface area is 443 Å². The molecule has 0 aromatic carbocycles. The molecule has 0 aromatic rings. The molecule has 0 aliphatic rings. The van der Waals surface area contributed by atoms with Crippen molar-refractivity contribution in [1.29, 1.82) is 0 Å². The van der Waals surface area contributed by atoms with Crippen LogP contribution in [0.5, 0.6) is 0 Å². The summed E-state index contributed by atoms with van der Waals surface area (Å²) in [6, 6.07) is 0. The number of rotatable bonds is 51. The molecule has 406 valence electrons. The van der Waals surface area contributed by atoms with Crippen LogP contribution in [0.3, 0.4) is 0 Å². The van der Waals surface area contributed by atoms with Gasteiger partial charge in [0.1, 0.15) is 13.2 Å². The Morgan fingerprint density at radius 1 is 0.292 bits per heavy atom. The maximum Gasteiger partial charge on any atom is 0.306 e. The topological polar surface area (TPSA) is 78.9 Å². The van der Waals surface area contributed by atoms with E-state index in [1.54, 1.807) is 0 Å². The first-order chi connectivity index (χ1) is 35.5. The quantitative estimate of drug-likeness (QED) is 0.0261. The van der Waals surface area contributed by atoms with Crippen LogP contribution in [0.1, 0.15) is 245 Å². The summed E-state index contributed by atoms with van der Waals surface area (Å²) >= 11 is 0. The van der Waals surface area contributed by atoms with Gasteiger partial charge in [-0.3, -0.25) is 14.4 Å². The molecule has 6 nitrogen and oxygen atoms in total. The third-order valence-electron chi connectivity index (χ3n) is 11.9. The van der Waals surface area contributed by atoms with E-state index in [0.717, 1.165) is 128 Å². The van der Waals surface area contributed by atoms with Crippen LogP contribution < -0.4 is 0 Å². The second-order valence-electron chi connectivity index (χ2n) is 18.8. The molecule has 0 N–H and O–H groups in total. The number of ether oxygens (including phenoxy) is 3. The number of carbonyl (C=O) groups is 3. The van der Waals surface area contributed by atoms with Gasteiger partial charge in [0, 0.05) is 19.3 Å². The van der Waals surface area contributed by atoms with Gasteiger partial charge in [0.25, 0.3) is 0 Å². The highest BCUT2D eigenvalue weighted by molar-refractivity contribution is 5.71. The third-order valence-corrected chi connectivity index (χ3v) is 11.9. The second kappa shape index (κ2) is 59.1. The smallest absolute Gasteiger partial charge is 0.306 e. The van der Waals surface area contributed by atoms with E-state index in [2.05, 4.69) is 154 Å². The Morgan fingerprint density at radius 2 is 0.542 bits per heavy atom. The van der Waals surface area contributed by atoms with Crippen molar-refractivity contribution in [2.24, 2.45) is 0 Å². The van der Waals surface area contributed by atoms with Crippen molar-refractivity contribution in [1.82, 2.24) is 0 Å². The molecule has 0 rings (SSSR count). The van der Waals surface area contributed by atoms with Crippen LogP contribution in [0.25, 0.3) is 0 Å². The Kier molecular flexibility index (Phi) is 55.5. The van der Waals surface area contributed by atoms with Crippen LogP contribution in [0.15, 0.2) is 134 Å². The Hall–Kier alpha value is -4.45. The lowest BCUT2D eigenvalue weighted by molar-refractivity contribution is -0.167. The second-order valence-corrected chi connectivity index (χ2v) is 18.8. The Bertz CT molecular complexity index is 1560. The van der Waals surface area contributed by atoms with Crippen LogP contribution in [-0.4, -0.2) is 37.2 Å². The molecule has 1 unspecified atom stereocenters. The maximum atomic E-state index is 12.8. The summed E-state index contributed by atoms with van der Waals surface area (Å²) < 4.78 is 16.8. The van der Waals surface area contributed by atoms with Crippen molar-refractivity contribution < 1.29 is 28.6 Å². The van der Waals surface area contributed by atoms with Crippen molar-refractivity contribution in [2.75, 3.05) is 13.2 Å². The molecular formula is C66H106O6. The molecule has 0 aromatic heterocycles. The van der Waals surface area contributed by atoms with Gasteiger partial charge in [-0.1, -0.05) is 244 Å². The fourth-order valence-corrected chi connectivity index (χ4v) is 7.59. The SMILES string of the molecule is CC/C=C\C/C=C\C/C=C\C/C=C\C/C=C\C/C=C\C/C=C\CCCCCC(=O)OCC(COC(=O)CCCCCCCCCCCCCCCC)OC(=O)CCCC/C=C\C/C=C\C/C=C\C/C=C\CC. The molecule has 0 spiro atoms. The summed E-state index contributed by atoms with van der Waals surface area (Å²) in [7, 11) is 0. The lowest BCUT2D eigenvalue weighted by atomic mass is 10.0. The van der Waals surface area contributed by atoms with Gasteiger partial charge in [0.15, 0.2) is 6.10 Å². The van der Waals surface area contributed by atoms with Gasteiger partial charge in [-0.25, -0.2) is 0 Å². The number of esters is 3. The average molecular weight is 996 g/mol. The molecular weight excluding hydrogens is 889 g/mol. The molecule has 0 heterocycles. The number of hydrogen-bond donors (Lipinski definition) is 0. The van der Waals surface area contributed by atoms with Gasteiger partial charge in [-0.05, 0) is 116 Å². The van der Waals surface area contributed by atoms with Crippen molar-refractivity contribution in [3.05, 3.63) is 134 Å². The minimum absolute atomic E-state index is 0.108. The van der Waals surface area contributed by atoms with E-state index >= 15 is 0 Å². The molecule has 0 aliphatic heterocycles. The van der Waals surface area contributed by atoms with Crippen molar-refractivity contribution in [3.8, 4) is 0 Å². The third kappa shape index (κ3) is 56.5. The minimum Gasteiger partial charge on any atom is -0.462 e. The zero-order chi connectivity index (χ0) is 52.2. The first kappa shape index (κ1) is 67.5. The molecule has 0 amide bonds. The van der Waals surface area contributed by atoms with Crippen LogP contribution in [0, 0.1) is 0 Å². The normalized spacial score (nSPS) is 13.1. The summed E-state index contributed by atoms with van der Waals surface area (Å²) in [5, 5.41) is 0. The minimum atomic E-state index is -0.817. The zero-order valence-corrected chi connectivity index (χ0v) is 46.4. The fraction of sp³-hybridized carbons (Fsp3) is 0.621. The van der Waals surface area contributed by atoms with Crippen LogP contribution >= 0.6 is 0 Å². The molecule has 0 fully saturated rings. The molecule has 0 aliphatic carbocycles. The van der Waals surface area contributed by atoms with Gasteiger partial charge in [-0.15, -0.1) is 0 Å². The Balaban J connectivity index is 4.48. The van der Waals surface area contributed by atoms with Crippen molar-refractivity contribution >= 4 is 17.9 Å². The molecule has 6 heteroatoms. The highest BCUT2D eigenvalue weighted by Gasteiger charge is 2.19. The van der Waals surface area contributed by atoms with Crippen LogP contribution in [-0.2, 0) is 28.6 Å². The predicted molar refractivity (Wildman–Crippen MR) is 311 cm³/mol. The van der Waals surface area contributed by atoms with E-state index in [9.17, 15) is 14.4 Å². The number of hydrogen-bond acceptors (Lipinski definition) is 6. The van der Waals surface area contributed by atoms with Gasteiger partial charge < -0.3 is 14.2 Å². The Morgan fingerprint density at radius 3 is 0.875 bits per heavy atom. The summed E-state index contributed by atoms with van der Waals surface area (Å²) in [6.45, 7) is 6.34. The summed E-state index contributed by atoms with van der Waals surface area (Å²) in [5.41, 5.74) is 0. The summed E-state index contributed by atoms with van der Waals surface area (Å²) in [4.78, 5) is 38.1. The standard InChI is InChI=1S/C66H106O6/c1-4-7-10-13-16-19-22-25-28-29-30-31-32-33-34-35-36-37-39-41-44-47-50-53-56-59-65(68)71-62-63(61-70-64(67)58-55-52-49-46-43-40-27-24-21-18-15-12-9-6-3)72-66(69)60-57-54-51-48-45-42-38-26-23-20-17-14-11-8-5-2/h7-8,10-11,16-17,19-20,25-26,28,30-31,33-34,36-38,41,44-45,48,63H,4-6,9,12-15,18,21-24,27,29,32,35,39-40,42-43,46-47,49-62H2,1-3H3/b10-7-,11-8-,19-16-,20-17-,28-25-,31-30-,34-33-,37-36-,38-26-,44-41-,48-45-. The largest absolute Gasteiger partial charge is 0.462 e. The van der Waals surface area contributed by atoms with Crippen LogP contribution in [0.2, 0.25) is 0 Å². The van der Waals surface area contributed by atoms with E-state index in [1.807, 2.05) is 0 Å². The summed E-state index contributed by atoms with van der Waals surface area (Å²) in [5.74, 6) is -0.986.